The topological polar surface area (TPSA) is 35.5 Å². The summed E-state index contributed by atoms with van der Waals surface area (Å²) in [6, 6.07) is 0.190. The van der Waals surface area contributed by atoms with Crippen LogP contribution in [0.2, 0.25) is 0 Å². The smallest absolute Gasteiger partial charge is 0.0662 e. The summed E-state index contributed by atoms with van der Waals surface area (Å²) in [5.74, 6) is 0. The highest BCUT2D eigenvalue weighted by atomic mass is 16.3. The zero-order valence-electron chi connectivity index (χ0n) is 10.1. The quantitative estimate of drug-likeness (QED) is 0.618. The molecule has 0 spiro atoms. The highest BCUT2D eigenvalue weighted by Gasteiger charge is 2.07. The monoisotopic (exact) mass is 202 g/mol. The first-order valence-electron chi connectivity index (χ1n) is 5.75. The summed E-state index contributed by atoms with van der Waals surface area (Å²) in [7, 11) is 0. The van der Waals surface area contributed by atoms with Crippen LogP contribution in [-0.4, -0.2) is 48.3 Å². The molecule has 0 aliphatic carbocycles. The third-order valence-corrected chi connectivity index (χ3v) is 2.60. The molecule has 0 amide bonds. The van der Waals surface area contributed by atoms with Crippen LogP contribution in [0, 0.1) is 0 Å². The molecule has 0 heterocycles. The van der Waals surface area contributed by atoms with Gasteiger partial charge in [0.05, 0.1) is 6.10 Å². The number of aliphatic hydroxyl groups excluding tert-OH is 1. The Bertz CT molecular complexity index is 128. The fourth-order valence-corrected chi connectivity index (χ4v) is 1.37. The minimum Gasteiger partial charge on any atom is -0.392 e. The van der Waals surface area contributed by atoms with E-state index in [2.05, 4.69) is 24.1 Å². The van der Waals surface area contributed by atoms with Crippen LogP contribution in [0.5, 0.6) is 0 Å². The van der Waals surface area contributed by atoms with E-state index < -0.39 is 0 Å². The lowest BCUT2D eigenvalue weighted by molar-refractivity contribution is 0.150. The van der Waals surface area contributed by atoms with E-state index in [9.17, 15) is 5.11 Å². The van der Waals surface area contributed by atoms with Crippen molar-refractivity contribution in [2.75, 3.05) is 26.2 Å². The second-order valence-corrected chi connectivity index (χ2v) is 3.92. The molecule has 2 atom stereocenters. The minimum atomic E-state index is -0.267. The van der Waals surface area contributed by atoms with Crippen molar-refractivity contribution in [2.24, 2.45) is 0 Å². The first-order chi connectivity index (χ1) is 6.61. The summed E-state index contributed by atoms with van der Waals surface area (Å²) in [5, 5.41) is 12.6. The number of nitrogens with one attached hydrogen (secondary N) is 1. The summed E-state index contributed by atoms with van der Waals surface area (Å²) < 4.78 is 0. The average Bonchev–Trinajstić information content (AvgIpc) is 2.16. The number of nitrogens with zero attached hydrogens (tertiary/aromatic N) is 1. The van der Waals surface area contributed by atoms with Gasteiger partial charge in [-0.1, -0.05) is 13.8 Å². The van der Waals surface area contributed by atoms with Gasteiger partial charge in [-0.05, 0) is 33.4 Å². The lowest BCUT2D eigenvalue weighted by Crippen LogP contribution is -2.40. The fraction of sp³-hybridized carbons (Fsp3) is 1.00. The van der Waals surface area contributed by atoms with E-state index >= 15 is 0 Å². The molecule has 2 unspecified atom stereocenters. The number of aliphatic hydroxyl groups is 1. The van der Waals surface area contributed by atoms with E-state index in [-0.39, 0.29) is 12.1 Å². The second kappa shape index (κ2) is 8.21. The minimum absolute atomic E-state index is 0.190. The standard InChI is InChI=1S/C11H26N2O/c1-5-8-13(6-2)9-7-12-10(3)11(4)14/h10-12,14H,5-9H2,1-4H3. The zero-order chi connectivity index (χ0) is 11.0. The van der Waals surface area contributed by atoms with Gasteiger partial charge in [0.2, 0.25) is 0 Å². The van der Waals surface area contributed by atoms with Crippen molar-refractivity contribution < 1.29 is 5.11 Å². The second-order valence-electron chi connectivity index (χ2n) is 3.92. The normalized spacial score (nSPS) is 15.9. The SMILES string of the molecule is CCCN(CC)CCNC(C)C(C)O. The molecule has 0 aromatic carbocycles. The number of rotatable bonds is 8. The lowest BCUT2D eigenvalue weighted by atomic mass is 10.2. The summed E-state index contributed by atoms with van der Waals surface area (Å²) in [5.41, 5.74) is 0. The number of hydrogen-bond acceptors (Lipinski definition) is 3. The predicted octanol–water partition coefficient (Wildman–Crippen LogP) is 1.08. The molecule has 14 heavy (non-hydrogen) atoms. The Kier molecular flexibility index (Phi) is 8.14. The molecular weight excluding hydrogens is 176 g/mol. The van der Waals surface area contributed by atoms with Crippen LogP contribution in [-0.2, 0) is 0 Å². The van der Waals surface area contributed by atoms with Crippen molar-refractivity contribution in [1.29, 1.82) is 0 Å². The van der Waals surface area contributed by atoms with E-state index in [1.54, 1.807) is 0 Å². The van der Waals surface area contributed by atoms with Crippen molar-refractivity contribution in [3.8, 4) is 0 Å². The molecule has 86 valence electrons. The molecule has 0 aromatic heterocycles. The fourth-order valence-electron chi connectivity index (χ4n) is 1.37. The summed E-state index contributed by atoms with van der Waals surface area (Å²) in [6.07, 6.45) is 0.941. The molecule has 0 aliphatic rings. The molecule has 3 heteroatoms. The first-order valence-corrected chi connectivity index (χ1v) is 5.75. The van der Waals surface area contributed by atoms with Crippen LogP contribution < -0.4 is 5.32 Å². The maximum atomic E-state index is 9.27. The number of hydrogen-bond donors (Lipinski definition) is 2. The highest BCUT2D eigenvalue weighted by Crippen LogP contribution is 1.92. The molecule has 2 N–H and O–H groups in total. The lowest BCUT2D eigenvalue weighted by Gasteiger charge is -2.22. The van der Waals surface area contributed by atoms with Gasteiger partial charge < -0.3 is 15.3 Å². The van der Waals surface area contributed by atoms with Crippen LogP contribution in [0.15, 0.2) is 0 Å². The maximum absolute atomic E-state index is 9.27. The summed E-state index contributed by atoms with van der Waals surface area (Å²) in [4.78, 5) is 2.42. The average molecular weight is 202 g/mol. The summed E-state index contributed by atoms with van der Waals surface area (Å²) in [6.45, 7) is 12.5. The molecule has 0 aliphatic heterocycles. The van der Waals surface area contributed by atoms with Gasteiger partial charge in [0.15, 0.2) is 0 Å². The van der Waals surface area contributed by atoms with Gasteiger partial charge in [0.25, 0.3) is 0 Å². The van der Waals surface area contributed by atoms with Gasteiger partial charge >= 0.3 is 0 Å². The van der Waals surface area contributed by atoms with Gasteiger partial charge in [0.1, 0.15) is 0 Å². The van der Waals surface area contributed by atoms with E-state index in [1.807, 2.05) is 13.8 Å². The van der Waals surface area contributed by atoms with Gasteiger partial charge in [-0.25, -0.2) is 0 Å². The van der Waals surface area contributed by atoms with Gasteiger partial charge in [-0.3, -0.25) is 0 Å². The molecule has 0 aromatic rings. The van der Waals surface area contributed by atoms with E-state index in [4.69, 9.17) is 0 Å². The molecule has 3 nitrogen and oxygen atoms in total. The van der Waals surface area contributed by atoms with Crippen molar-refractivity contribution in [1.82, 2.24) is 10.2 Å². The van der Waals surface area contributed by atoms with Gasteiger partial charge in [0, 0.05) is 19.1 Å². The Morgan fingerprint density at radius 2 is 1.86 bits per heavy atom. The Morgan fingerprint density at radius 1 is 1.21 bits per heavy atom. The van der Waals surface area contributed by atoms with Crippen LogP contribution in [0.3, 0.4) is 0 Å². The molecule has 0 fully saturated rings. The van der Waals surface area contributed by atoms with Crippen LogP contribution in [0.4, 0.5) is 0 Å². The van der Waals surface area contributed by atoms with Gasteiger partial charge in [-0.2, -0.15) is 0 Å². The number of likely N-dealkylation sites (N-methyl/N-ethyl adjacent to an activating group) is 1. The maximum Gasteiger partial charge on any atom is 0.0662 e. The predicted molar refractivity (Wildman–Crippen MR) is 61.6 cm³/mol. The Hall–Kier alpha value is -0.120. The zero-order valence-corrected chi connectivity index (χ0v) is 10.1. The molecular formula is C11H26N2O. The van der Waals surface area contributed by atoms with E-state index in [0.29, 0.717) is 0 Å². The van der Waals surface area contributed by atoms with Gasteiger partial charge in [-0.15, -0.1) is 0 Å². The van der Waals surface area contributed by atoms with Crippen LogP contribution in [0.1, 0.15) is 34.1 Å². The molecule has 0 saturated heterocycles. The van der Waals surface area contributed by atoms with Crippen LogP contribution >= 0.6 is 0 Å². The molecule has 0 rings (SSSR count). The Labute approximate surface area is 88.5 Å². The highest BCUT2D eigenvalue weighted by molar-refractivity contribution is 4.67. The molecule has 0 radical (unpaired) electrons. The third kappa shape index (κ3) is 6.35. The van der Waals surface area contributed by atoms with Crippen molar-refractivity contribution in [3.05, 3.63) is 0 Å². The molecule has 0 saturated carbocycles. The Morgan fingerprint density at radius 3 is 2.29 bits per heavy atom. The van der Waals surface area contributed by atoms with Crippen molar-refractivity contribution >= 4 is 0 Å². The van der Waals surface area contributed by atoms with E-state index in [0.717, 1.165) is 19.6 Å². The Balaban J connectivity index is 3.50. The third-order valence-electron chi connectivity index (χ3n) is 2.60. The summed E-state index contributed by atoms with van der Waals surface area (Å²) >= 11 is 0. The van der Waals surface area contributed by atoms with Crippen LogP contribution in [0.25, 0.3) is 0 Å². The van der Waals surface area contributed by atoms with E-state index in [1.165, 1.54) is 13.0 Å². The largest absolute Gasteiger partial charge is 0.392 e. The van der Waals surface area contributed by atoms with Crippen molar-refractivity contribution in [3.63, 3.8) is 0 Å². The molecule has 0 bridgehead atoms. The first kappa shape index (κ1) is 13.9. The van der Waals surface area contributed by atoms with Crippen molar-refractivity contribution in [2.45, 2.75) is 46.3 Å².